The van der Waals surface area contributed by atoms with E-state index in [2.05, 4.69) is 102 Å². The van der Waals surface area contributed by atoms with Crippen molar-refractivity contribution in [1.29, 1.82) is 0 Å². The monoisotopic (exact) mass is 349 g/mol. The van der Waals surface area contributed by atoms with E-state index in [0.717, 1.165) is 0 Å². The standard InChI is InChI=1S/C25H17S/c1-4-10-18(11-5-1)23(19-12-6-2-7-13-19)24-20-14-8-3-9-15-21(20)25-22(24)16-17-26-25/h1-17H/q+1. The first-order valence-corrected chi connectivity index (χ1v) is 9.67. The van der Waals surface area contributed by atoms with Gasteiger partial charge >= 0.3 is 0 Å². The lowest BCUT2D eigenvalue weighted by molar-refractivity contribution is 1.45. The molecule has 0 unspecified atom stereocenters. The van der Waals surface area contributed by atoms with Crippen LogP contribution < -0.4 is 10.4 Å². The molecule has 3 aliphatic rings. The maximum atomic E-state index is 2.27. The van der Waals surface area contributed by atoms with Crippen LogP contribution >= 0.6 is 0 Å². The summed E-state index contributed by atoms with van der Waals surface area (Å²) < 4.78 is 0. The Kier molecular flexibility index (Phi) is 3.73. The van der Waals surface area contributed by atoms with E-state index >= 15 is 0 Å². The third-order valence-corrected chi connectivity index (χ3v) is 5.81. The van der Waals surface area contributed by atoms with E-state index in [9.17, 15) is 0 Å². The van der Waals surface area contributed by atoms with Crippen LogP contribution in [0.2, 0.25) is 0 Å². The fourth-order valence-corrected chi connectivity index (χ4v) is 4.70. The minimum absolute atomic E-state index is 1.25. The average Bonchev–Trinajstić information content (AvgIpc) is 3.18. The Hall–Kier alpha value is -3.03. The van der Waals surface area contributed by atoms with Crippen LogP contribution in [0.4, 0.5) is 0 Å². The summed E-state index contributed by atoms with van der Waals surface area (Å²) in [6, 6.07) is 32.4. The molecule has 1 heteroatoms. The van der Waals surface area contributed by atoms with Crippen molar-refractivity contribution in [3.05, 3.63) is 113 Å². The van der Waals surface area contributed by atoms with Gasteiger partial charge in [-0.2, -0.15) is 0 Å². The Morgan fingerprint density at radius 2 is 1.12 bits per heavy atom. The second-order valence-electron chi connectivity index (χ2n) is 6.38. The second-order valence-corrected chi connectivity index (χ2v) is 7.30. The summed E-state index contributed by atoms with van der Waals surface area (Å²) in [7, 11) is 0. The Bertz CT molecular complexity index is 1160. The van der Waals surface area contributed by atoms with Crippen molar-refractivity contribution in [2.75, 3.05) is 0 Å². The molecule has 0 spiro atoms. The number of fused-ring (bicyclic) bond motifs is 3. The molecular weight excluding hydrogens is 332 g/mol. The van der Waals surface area contributed by atoms with Gasteiger partial charge in [-0.15, -0.1) is 0 Å². The number of rotatable bonds is 2. The second kappa shape index (κ2) is 6.36. The highest BCUT2D eigenvalue weighted by molar-refractivity contribution is 7.78. The molecule has 2 aliphatic carbocycles. The van der Waals surface area contributed by atoms with E-state index in [1.807, 2.05) is 11.4 Å². The molecule has 122 valence electrons. The quantitative estimate of drug-likeness (QED) is 0.378. The van der Waals surface area contributed by atoms with Gasteiger partial charge in [-0.25, -0.2) is 0 Å². The van der Waals surface area contributed by atoms with Gasteiger partial charge in [-0.3, -0.25) is 0 Å². The summed E-state index contributed by atoms with van der Waals surface area (Å²) in [5.41, 5.74) is 6.46. The van der Waals surface area contributed by atoms with Crippen molar-refractivity contribution < 1.29 is 0 Å². The summed E-state index contributed by atoms with van der Waals surface area (Å²) in [6.45, 7) is 0. The highest BCUT2D eigenvalue weighted by Crippen LogP contribution is 2.26. The zero-order valence-corrected chi connectivity index (χ0v) is 15.0. The van der Waals surface area contributed by atoms with Crippen LogP contribution in [0.3, 0.4) is 0 Å². The van der Waals surface area contributed by atoms with E-state index in [1.54, 1.807) is 0 Å². The van der Waals surface area contributed by atoms with E-state index in [0.29, 0.717) is 0 Å². The molecule has 0 fully saturated rings. The fourth-order valence-electron chi connectivity index (χ4n) is 3.76. The summed E-state index contributed by atoms with van der Waals surface area (Å²) in [6.07, 6.45) is 2.27. The van der Waals surface area contributed by atoms with Crippen LogP contribution in [0.5, 0.6) is 0 Å². The van der Waals surface area contributed by atoms with Crippen LogP contribution in [0, 0.1) is 0 Å². The van der Waals surface area contributed by atoms with Crippen molar-refractivity contribution in [2.24, 2.45) is 0 Å². The van der Waals surface area contributed by atoms with Gasteiger partial charge in [0.05, 0.1) is 5.22 Å². The molecule has 2 aromatic carbocycles. The van der Waals surface area contributed by atoms with Crippen molar-refractivity contribution in [1.82, 2.24) is 0 Å². The Labute approximate surface area is 157 Å². The van der Waals surface area contributed by atoms with Crippen molar-refractivity contribution in [2.45, 2.75) is 4.90 Å². The third-order valence-electron chi connectivity index (χ3n) is 4.86. The van der Waals surface area contributed by atoms with E-state index in [1.165, 1.54) is 43.2 Å². The third kappa shape index (κ3) is 2.40. The van der Waals surface area contributed by atoms with Gasteiger partial charge in [0, 0.05) is 16.9 Å². The molecule has 0 radical (unpaired) electrons. The average molecular weight is 349 g/mol. The maximum Gasteiger partial charge on any atom is 0.246 e. The Morgan fingerprint density at radius 1 is 0.577 bits per heavy atom. The van der Waals surface area contributed by atoms with E-state index < -0.39 is 0 Å². The molecule has 0 atom stereocenters. The maximum absolute atomic E-state index is 2.27. The first-order valence-electron chi connectivity index (χ1n) is 8.79. The predicted octanol–water partition coefficient (Wildman–Crippen LogP) is 4.08. The van der Waals surface area contributed by atoms with Crippen LogP contribution in [0.25, 0.3) is 22.8 Å². The summed E-state index contributed by atoms with van der Waals surface area (Å²) in [4.78, 5) is 1.37. The van der Waals surface area contributed by atoms with Crippen molar-refractivity contribution >= 4 is 28.4 Å². The molecule has 0 amide bonds. The lowest BCUT2D eigenvalue weighted by Gasteiger charge is -2.09. The number of hydrogen-bond acceptors (Lipinski definition) is 0. The van der Waals surface area contributed by atoms with Gasteiger partial charge in [-0.05, 0) is 28.3 Å². The molecule has 0 aromatic heterocycles. The van der Waals surface area contributed by atoms with Crippen molar-refractivity contribution in [3.8, 4) is 11.1 Å². The van der Waals surface area contributed by atoms with Crippen molar-refractivity contribution in [3.63, 3.8) is 0 Å². The molecule has 26 heavy (non-hydrogen) atoms. The van der Waals surface area contributed by atoms with E-state index in [-0.39, 0.29) is 0 Å². The molecule has 2 aromatic rings. The zero-order chi connectivity index (χ0) is 17.3. The molecule has 0 saturated heterocycles. The first-order chi connectivity index (χ1) is 12.9. The number of hydrogen-bond donors (Lipinski definition) is 0. The van der Waals surface area contributed by atoms with Crippen LogP contribution in [-0.4, -0.2) is 5.37 Å². The summed E-state index contributed by atoms with van der Waals surface area (Å²) in [5, 5.41) is 4.89. The zero-order valence-electron chi connectivity index (χ0n) is 14.2. The Morgan fingerprint density at radius 3 is 1.73 bits per heavy atom. The minimum Gasteiger partial charge on any atom is -0.0622 e. The normalized spacial score (nSPS) is 12.0. The summed E-state index contributed by atoms with van der Waals surface area (Å²) in [5.74, 6) is 0. The molecular formula is C25H17S+. The number of benzene rings is 2. The first kappa shape index (κ1) is 15.2. The van der Waals surface area contributed by atoms with Gasteiger partial charge in [0.15, 0.2) is 5.37 Å². The predicted molar refractivity (Wildman–Crippen MR) is 113 cm³/mol. The highest BCUT2D eigenvalue weighted by Gasteiger charge is 2.26. The largest absolute Gasteiger partial charge is 0.246 e. The lowest BCUT2D eigenvalue weighted by Crippen LogP contribution is -2.25. The topological polar surface area (TPSA) is 0 Å². The molecule has 5 rings (SSSR count). The smallest absolute Gasteiger partial charge is 0.0622 e. The molecule has 0 nitrogen and oxygen atoms in total. The van der Waals surface area contributed by atoms with Crippen LogP contribution in [0.1, 0.15) is 11.1 Å². The van der Waals surface area contributed by atoms with Gasteiger partial charge in [0.25, 0.3) is 0 Å². The molecule has 0 saturated carbocycles. The van der Waals surface area contributed by atoms with Gasteiger partial charge < -0.3 is 0 Å². The van der Waals surface area contributed by atoms with Gasteiger partial charge in [-0.1, -0.05) is 84.9 Å². The summed E-state index contributed by atoms with van der Waals surface area (Å²) >= 11 is 1.83. The SMILES string of the molecule is C1=[S+]c2c3cccccc-3c(=C(c3ccccc3)c3ccccc3)c2=C1. The Balaban J connectivity index is 2.03. The molecule has 0 N–H and O–H groups in total. The highest BCUT2D eigenvalue weighted by atomic mass is 32.1. The van der Waals surface area contributed by atoms with Crippen LogP contribution in [-0.2, 0) is 11.4 Å². The van der Waals surface area contributed by atoms with Crippen LogP contribution in [0.15, 0.2) is 95.9 Å². The molecule has 0 bridgehead atoms. The van der Waals surface area contributed by atoms with Gasteiger partial charge in [0.1, 0.15) is 0 Å². The molecule has 1 aliphatic heterocycles. The lowest BCUT2D eigenvalue weighted by atomic mass is 9.94. The fraction of sp³-hybridized carbons (Fsp3) is 0. The van der Waals surface area contributed by atoms with E-state index in [4.69, 9.17) is 0 Å². The molecule has 1 heterocycles. The minimum atomic E-state index is 1.25. The van der Waals surface area contributed by atoms with Gasteiger partial charge in [0.2, 0.25) is 16.2 Å².